The second kappa shape index (κ2) is 4.80. The highest BCUT2D eigenvalue weighted by Crippen LogP contribution is 1.69. The molecule has 8 heavy (non-hydrogen) atoms. The van der Waals surface area contributed by atoms with E-state index in [0.29, 0.717) is 5.41 Å². The third-order valence-electron chi connectivity index (χ3n) is 0.232. The van der Waals surface area contributed by atoms with Crippen LogP contribution in [0.5, 0.6) is 0 Å². The zero-order valence-corrected chi connectivity index (χ0v) is 5.90. The van der Waals surface area contributed by atoms with E-state index in [2.05, 4.69) is 11.7 Å². The molecule has 0 amide bonds. The molecule has 0 heterocycles. The minimum Gasteiger partial charge on any atom is -0.225 e. The van der Waals surface area contributed by atoms with Gasteiger partial charge in [0.05, 0.1) is 0 Å². The number of sulfonamides is 1. The quantitative estimate of drug-likeness (QED) is 0.570. The number of hydrogen-bond acceptors (Lipinski definition) is 2. The fourth-order valence-corrected chi connectivity index (χ4v) is 0. The summed E-state index contributed by atoms with van der Waals surface area (Å²) in [7, 11) is -3.40. The number of rotatable bonds is 1. The van der Waals surface area contributed by atoms with E-state index in [-0.39, 0.29) is 0 Å². The Labute approximate surface area is 50.3 Å². The van der Waals surface area contributed by atoms with Gasteiger partial charge < -0.3 is 0 Å². The Bertz CT molecular complexity index is 125. The van der Waals surface area contributed by atoms with Crippen LogP contribution in [0, 0.1) is 0 Å². The molecule has 0 bridgehead atoms. The van der Waals surface area contributed by atoms with Crippen molar-refractivity contribution in [1.29, 1.82) is 0 Å². The summed E-state index contributed by atoms with van der Waals surface area (Å²) in [6, 6.07) is 0. The van der Waals surface area contributed by atoms with Crippen molar-refractivity contribution >= 4 is 10.0 Å². The van der Waals surface area contributed by atoms with Crippen LogP contribution in [0.15, 0.2) is 12.0 Å². The van der Waals surface area contributed by atoms with Crippen LogP contribution in [0.2, 0.25) is 0 Å². The predicted octanol–water partition coefficient (Wildman–Crippen LogP) is 0.445. The number of hydrogen-bond donors (Lipinski definition) is 1. The molecule has 0 atom stereocenters. The largest absolute Gasteiger partial charge is 0.230 e. The fourth-order valence-electron chi connectivity index (χ4n) is 0. The average Bonchev–Trinajstić information content (AvgIpc) is 1.71. The standard InChI is InChI=1S/C2H5NO2S.C2H6/c1-2-6(3,4)5;1-2/h2H,1H2,(H2,3,4,5);1-2H3. The summed E-state index contributed by atoms with van der Waals surface area (Å²) in [6.45, 7) is 6.92. The molecule has 4 heteroatoms. The van der Waals surface area contributed by atoms with Crippen LogP contribution in [-0.4, -0.2) is 8.42 Å². The van der Waals surface area contributed by atoms with Gasteiger partial charge in [-0.2, -0.15) is 0 Å². The lowest BCUT2D eigenvalue weighted by molar-refractivity contribution is 0.606. The van der Waals surface area contributed by atoms with Crippen molar-refractivity contribution in [2.75, 3.05) is 0 Å². The van der Waals surface area contributed by atoms with E-state index >= 15 is 0 Å². The topological polar surface area (TPSA) is 60.2 Å². The summed E-state index contributed by atoms with van der Waals surface area (Å²) in [5, 5.41) is 5.08. The highest BCUT2D eigenvalue weighted by Gasteiger charge is 1.85. The molecule has 0 radical (unpaired) electrons. The second-order valence-electron chi connectivity index (χ2n) is 0.756. The van der Waals surface area contributed by atoms with Gasteiger partial charge in [-0.3, -0.25) is 0 Å². The lowest BCUT2D eigenvalue weighted by Crippen LogP contribution is -2.05. The van der Waals surface area contributed by atoms with E-state index < -0.39 is 10.0 Å². The van der Waals surface area contributed by atoms with Crippen LogP contribution >= 0.6 is 0 Å². The first-order chi connectivity index (χ1) is 3.56. The van der Waals surface area contributed by atoms with Gasteiger partial charge in [-0.1, -0.05) is 20.4 Å². The summed E-state index contributed by atoms with van der Waals surface area (Å²) in [5.74, 6) is 0. The van der Waals surface area contributed by atoms with Gasteiger partial charge in [0.2, 0.25) is 10.0 Å². The molecule has 0 aromatic carbocycles. The molecular formula is C4H11NO2S. The normalized spacial score (nSPS) is 8.88. The molecular weight excluding hydrogens is 126 g/mol. The van der Waals surface area contributed by atoms with Crippen molar-refractivity contribution in [3.8, 4) is 0 Å². The highest BCUT2D eigenvalue weighted by molar-refractivity contribution is 7.92. The summed E-state index contributed by atoms with van der Waals surface area (Å²) >= 11 is 0. The van der Waals surface area contributed by atoms with Crippen LogP contribution < -0.4 is 5.14 Å². The van der Waals surface area contributed by atoms with Gasteiger partial charge in [0.25, 0.3) is 0 Å². The first kappa shape index (κ1) is 10.6. The molecule has 0 aliphatic rings. The monoisotopic (exact) mass is 137 g/mol. The molecule has 0 spiro atoms. The molecule has 0 saturated carbocycles. The van der Waals surface area contributed by atoms with E-state index in [1.54, 1.807) is 0 Å². The van der Waals surface area contributed by atoms with Crippen molar-refractivity contribution in [3.63, 3.8) is 0 Å². The maximum absolute atomic E-state index is 9.66. The summed E-state index contributed by atoms with van der Waals surface area (Å²) < 4.78 is 19.3. The first-order valence-corrected chi connectivity index (χ1v) is 3.82. The smallest absolute Gasteiger partial charge is 0.225 e. The first-order valence-electron chi connectivity index (χ1n) is 2.21. The van der Waals surface area contributed by atoms with E-state index in [1.807, 2.05) is 13.8 Å². The van der Waals surface area contributed by atoms with Gasteiger partial charge in [-0.15, -0.1) is 0 Å². The Hall–Kier alpha value is -0.350. The predicted molar refractivity (Wildman–Crippen MR) is 34.7 cm³/mol. The van der Waals surface area contributed by atoms with E-state index in [9.17, 15) is 8.42 Å². The minimum atomic E-state index is -3.40. The van der Waals surface area contributed by atoms with E-state index in [1.165, 1.54) is 0 Å². The van der Waals surface area contributed by atoms with Crippen molar-refractivity contribution in [3.05, 3.63) is 12.0 Å². The van der Waals surface area contributed by atoms with Crippen LogP contribution in [0.3, 0.4) is 0 Å². The van der Waals surface area contributed by atoms with Crippen molar-refractivity contribution in [2.45, 2.75) is 13.8 Å². The summed E-state index contributed by atoms with van der Waals surface area (Å²) in [5.41, 5.74) is 0. The van der Waals surface area contributed by atoms with Crippen LogP contribution in [0.1, 0.15) is 13.8 Å². The Kier molecular flexibility index (Phi) is 6.36. The molecule has 50 valence electrons. The molecule has 0 rings (SSSR count). The third kappa shape index (κ3) is 17.4. The maximum atomic E-state index is 9.66. The van der Waals surface area contributed by atoms with Crippen LogP contribution in [0.25, 0.3) is 0 Å². The molecule has 0 saturated heterocycles. The average molecular weight is 137 g/mol. The van der Waals surface area contributed by atoms with Gasteiger partial charge in [0.15, 0.2) is 0 Å². The summed E-state index contributed by atoms with van der Waals surface area (Å²) in [4.78, 5) is 0. The van der Waals surface area contributed by atoms with Gasteiger partial charge in [0.1, 0.15) is 0 Å². The van der Waals surface area contributed by atoms with Crippen molar-refractivity contribution in [1.82, 2.24) is 0 Å². The zero-order valence-electron chi connectivity index (χ0n) is 5.09. The molecule has 0 aromatic rings. The lowest BCUT2D eigenvalue weighted by Gasteiger charge is -1.75. The van der Waals surface area contributed by atoms with E-state index in [0.717, 1.165) is 0 Å². The Morgan fingerprint density at radius 3 is 1.62 bits per heavy atom. The minimum absolute atomic E-state index is 0.688. The van der Waals surface area contributed by atoms with Gasteiger partial charge in [-0.05, 0) is 0 Å². The second-order valence-corrected chi connectivity index (χ2v) is 2.27. The van der Waals surface area contributed by atoms with Gasteiger partial charge >= 0.3 is 0 Å². The van der Waals surface area contributed by atoms with Crippen molar-refractivity contribution in [2.24, 2.45) is 5.14 Å². The molecule has 0 aliphatic heterocycles. The Morgan fingerprint density at radius 2 is 1.62 bits per heavy atom. The zero-order chi connectivity index (χ0) is 7.21. The third-order valence-corrected chi connectivity index (χ3v) is 0.697. The molecule has 0 unspecified atom stereocenters. The van der Waals surface area contributed by atoms with Crippen molar-refractivity contribution < 1.29 is 8.42 Å². The number of primary sulfonamides is 1. The molecule has 0 aromatic heterocycles. The van der Waals surface area contributed by atoms with Crippen LogP contribution in [0.4, 0.5) is 0 Å². The Morgan fingerprint density at radius 1 is 1.50 bits per heavy atom. The van der Waals surface area contributed by atoms with Gasteiger partial charge in [-0.25, -0.2) is 13.6 Å². The molecule has 0 aliphatic carbocycles. The Balaban J connectivity index is 0. The lowest BCUT2D eigenvalue weighted by atomic mass is 11.0. The number of nitrogens with two attached hydrogens (primary N) is 1. The molecule has 2 N–H and O–H groups in total. The molecule has 0 fully saturated rings. The van der Waals surface area contributed by atoms with Crippen LogP contribution in [-0.2, 0) is 10.0 Å². The SMILES string of the molecule is C=CS(N)(=O)=O.CC. The van der Waals surface area contributed by atoms with Gasteiger partial charge in [0, 0.05) is 5.41 Å². The molecule has 3 nitrogen and oxygen atoms in total. The van der Waals surface area contributed by atoms with E-state index in [4.69, 9.17) is 0 Å². The highest BCUT2D eigenvalue weighted by atomic mass is 32.2. The summed E-state index contributed by atoms with van der Waals surface area (Å²) in [6.07, 6.45) is 0. The fraction of sp³-hybridized carbons (Fsp3) is 0.500. The maximum Gasteiger partial charge on any atom is 0.230 e.